The number of hydrogen-bond donors (Lipinski definition) is 2. The van der Waals surface area contributed by atoms with Gasteiger partial charge in [0.1, 0.15) is 5.75 Å². The average molecular weight is 607 g/mol. The molecule has 2 N–H and O–H groups in total. The summed E-state index contributed by atoms with van der Waals surface area (Å²) in [5, 5.41) is 11.3. The van der Waals surface area contributed by atoms with Crippen LogP contribution in [0.3, 0.4) is 0 Å². The molecule has 2 aliphatic heterocycles. The molecule has 214 valence electrons. The number of aliphatic hydroxyl groups excluding tert-OH is 1. The molecule has 2 aliphatic rings. The number of rotatable bonds is 5. The number of anilines is 2. The minimum absolute atomic E-state index is 0.127. The van der Waals surface area contributed by atoms with Gasteiger partial charge in [-0.2, -0.15) is 13.2 Å². The highest BCUT2D eigenvalue weighted by molar-refractivity contribution is 7.99. The molecule has 1 saturated heterocycles. The molecule has 15 heteroatoms. The summed E-state index contributed by atoms with van der Waals surface area (Å²) in [5.41, 5.74) is -0.205. The maximum atomic E-state index is 13.6. The van der Waals surface area contributed by atoms with Crippen molar-refractivity contribution in [3.63, 3.8) is 0 Å². The summed E-state index contributed by atoms with van der Waals surface area (Å²) in [5.74, 6) is -0.619. The minimum Gasteiger partial charge on any atom is -0.406 e. The summed E-state index contributed by atoms with van der Waals surface area (Å²) in [4.78, 5) is 2.34. The van der Waals surface area contributed by atoms with Crippen LogP contribution in [0.5, 0.6) is 5.75 Å². The van der Waals surface area contributed by atoms with Crippen LogP contribution in [0.4, 0.5) is 37.7 Å². The van der Waals surface area contributed by atoms with Gasteiger partial charge in [0.15, 0.2) is 0 Å². The van der Waals surface area contributed by atoms with E-state index in [2.05, 4.69) is 9.46 Å². The molecular weight excluding hydrogens is 586 g/mol. The Morgan fingerprint density at radius 3 is 2.27 bits per heavy atom. The van der Waals surface area contributed by atoms with Crippen LogP contribution in [0.1, 0.15) is 5.56 Å². The van der Waals surface area contributed by atoms with Gasteiger partial charge in [0.05, 0.1) is 53.2 Å². The second kappa shape index (κ2) is 10.4. The predicted molar refractivity (Wildman–Crippen MR) is 132 cm³/mol. The van der Waals surface area contributed by atoms with Crippen LogP contribution in [0.2, 0.25) is 0 Å². The quantitative estimate of drug-likeness (QED) is 0.381. The first-order valence-electron chi connectivity index (χ1n) is 11.6. The van der Waals surface area contributed by atoms with Crippen molar-refractivity contribution in [2.45, 2.75) is 45.4 Å². The molecular formula is C25H20F6N2O5S2. The van der Waals surface area contributed by atoms with Gasteiger partial charge in [-0.3, -0.25) is 0 Å². The van der Waals surface area contributed by atoms with E-state index in [0.29, 0.717) is 15.5 Å². The fourth-order valence-electron chi connectivity index (χ4n) is 4.52. The number of nitrogens with zero attached hydrogens (tertiary/aromatic N) is 1. The number of halogens is 6. The van der Waals surface area contributed by atoms with E-state index >= 15 is 0 Å². The molecule has 0 bridgehead atoms. The Kier molecular flexibility index (Phi) is 7.46. The molecule has 40 heavy (non-hydrogen) atoms. The molecule has 0 aromatic heterocycles. The van der Waals surface area contributed by atoms with Crippen LogP contribution >= 0.6 is 11.8 Å². The molecule has 5 rings (SSSR count). The van der Waals surface area contributed by atoms with Gasteiger partial charge in [0.2, 0.25) is 10.0 Å². The number of alkyl halides is 6. The van der Waals surface area contributed by atoms with Crippen molar-refractivity contribution in [2.24, 2.45) is 0 Å². The zero-order chi connectivity index (χ0) is 28.9. The number of benzene rings is 3. The van der Waals surface area contributed by atoms with E-state index < -0.39 is 57.0 Å². The summed E-state index contributed by atoms with van der Waals surface area (Å²) in [6.45, 7) is -0.386. The number of hydrogen-bond acceptors (Lipinski definition) is 7. The van der Waals surface area contributed by atoms with Gasteiger partial charge in [-0.05, 0) is 54.6 Å². The van der Waals surface area contributed by atoms with E-state index in [1.54, 1.807) is 24.3 Å². The molecule has 0 aliphatic carbocycles. The standard InChI is InChI=1S/C25H20F6N2O5S2/c26-24(27,28)14-5-10-22-19(11-14)33(18-3-1-2-4-21(18)39-22)20-13-37-12-17(23(20)34)32-40(35,36)16-8-6-15(7-9-16)38-25(29,30)31/h1-11,17,20,23,32,34H,12-13H2/t17?,20-,23-/m0/s1. The van der Waals surface area contributed by atoms with E-state index in [-0.39, 0.29) is 18.9 Å². The Bertz CT molecular complexity index is 1500. The topological polar surface area (TPSA) is 88.1 Å². The van der Waals surface area contributed by atoms with E-state index in [0.717, 1.165) is 36.4 Å². The van der Waals surface area contributed by atoms with Crippen molar-refractivity contribution < 1.29 is 49.3 Å². The molecule has 3 aromatic rings. The first-order chi connectivity index (χ1) is 18.7. The Hall–Kier alpha value is -2.98. The number of ether oxygens (including phenoxy) is 2. The molecule has 0 amide bonds. The zero-order valence-corrected chi connectivity index (χ0v) is 21.7. The van der Waals surface area contributed by atoms with Crippen LogP contribution in [0, 0.1) is 0 Å². The average Bonchev–Trinajstić information content (AvgIpc) is 2.87. The van der Waals surface area contributed by atoms with Crippen molar-refractivity contribution in [1.29, 1.82) is 0 Å². The number of sulfonamides is 1. The highest BCUT2D eigenvalue weighted by Crippen LogP contribution is 2.51. The lowest BCUT2D eigenvalue weighted by molar-refractivity contribution is -0.274. The largest absolute Gasteiger partial charge is 0.573 e. The van der Waals surface area contributed by atoms with Crippen LogP contribution in [0.15, 0.2) is 81.4 Å². The number of aliphatic hydroxyl groups is 1. The van der Waals surface area contributed by atoms with E-state index in [1.165, 1.54) is 22.7 Å². The monoisotopic (exact) mass is 606 g/mol. The maximum absolute atomic E-state index is 13.6. The van der Waals surface area contributed by atoms with Gasteiger partial charge in [-0.25, -0.2) is 13.1 Å². The fraction of sp³-hybridized carbons (Fsp3) is 0.280. The first kappa shape index (κ1) is 28.5. The Labute approximate surface area is 228 Å². The molecule has 1 unspecified atom stereocenters. The lowest BCUT2D eigenvalue weighted by atomic mass is 9.98. The van der Waals surface area contributed by atoms with Gasteiger partial charge >= 0.3 is 12.5 Å². The molecule has 1 fully saturated rings. The van der Waals surface area contributed by atoms with Crippen molar-refractivity contribution in [3.8, 4) is 5.75 Å². The normalized spacial score (nSPS) is 21.5. The van der Waals surface area contributed by atoms with Crippen molar-refractivity contribution in [2.75, 3.05) is 18.1 Å². The summed E-state index contributed by atoms with van der Waals surface area (Å²) < 4.78 is 116. The molecule has 0 radical (unpaired) electrons. The van der Waals surface area contributed by atoms with Crippen molar-refractivity contribution >= 4 is 33.2 Å². The van der Waals surface area contributed by atoms with Crippen LogP contribution in [0.25, 0.3) is 0 Å². The van der Waals surface area contributed by atoms with Gasteiger partial charge in [0, 0.05) is 9.79 Å². The lowest BCUT2D eigenvalue weighted by Gasteiger charge is -2.45. The summed E-state index contributed by atoms with van der Waals surface area (Å²) >= 11 is 1.26. The van der Waals surface area contributed by atoms with Crippen LogP contribution < -0.4 is 14.4 Å². The minimum atomic E-state index is -4.96. The maximum Gasteiger partial charge on any atom is 0.573 e. The van der Waals surface area contributed by atoms with Gasteiger partial charge < -0.3 is 19.5 Å². The van der Waals surface area contributed by atoms with E-state index in [9.17, 15) is 39.9 Å². The molecule has 0 spiro atoms. The SMILES string of the molecule is O=S(=O)(NC1COC[C@H](N2c3ccccc3Sc3ccc(C(F)(F)F)cc32)[C@H]1O)c1ccc(OC(F)(F)F)cc1. The van der Waals surface area contributed by atoms with Crippen molar-refractivity contribution in [1.82, 2.24) is 4.72 Å². The third kappa shape index (κ3) is 5.88. The van der Waals surface area contributed by atoms with Gasteiger partial charge in [0.25, 0.3) is 0 Å². The Morgan fingerprint density at radius 2 is 1.60 bits per heavy atom. The summed E-state index contributed by atoms with van der Waals surface area (Å²) in [6.07, 6.45) is -11.0. The van der Waals surface area contributed by atoms with Gasteiger partial charge in [-0.1, -0.05) is 23.9 Å². The second-order valence-corrected chi connectivity index (χ2v) is 11.8. The van der Waals surface area contributed by atoms with E-state index in [1.807, 2.05) is 0 Å². The van der Waals surface area contributed by atoms with Crippen LogP contribution in [-0.4, -0.2) is 51.3 Å². The highest BCUT2D eigenvalue weighted by Gasteiger charge is 2.42. The van der Waals surface area contributed by atoms with Gasteiger partial charge in [-0.15, -0.1) is 13.2 Å². The Balaban J connectivity index is 1.44. The highest BCUT2D eigenvalue weighted by atomic mass is 32.2. The summed E-state index contributed by atoms with van der Waals surface area (Å²) in [6, 6.07) is 11.4. The van der Waals surface area contributed by atoms with Crippen LogP contribution in [-0.2, 0) is 20.9 Å². The molecule has 0 saturated carbocycles. The molecule has 2 heterocycles. The third-order valence-corrected chi connectivity index (χ3v) is 8.92. The first-order valence-corrected chi connectivity index (χ1v) is 13.9. The third-order valence-electron chi connectivity index (χ3n) is 6.29. The fourth-order valence-corrected chi connectivity index (χ4v) is 6.81. The lowest BCUT2D eigenvalue weighted by Crippen LogP contribution is -2.60. The molecule has 3 aromatic carbocycles. The molecule has 7 nitrogen and oxygen atoms in total. The predicted octanol–water partition coefficient (Wildman–Crippen LogP) is 5.31. The van der Waals surface area contributed by atoms with Crippen molar-refractivity contribution in [3.05, 3.63) is 72.3 Å². The number of fused-ring (bicyclic) bond motifs is 2. The smallest absolute Gasteiger partial charge is 0.406 e. The summed E-state index contributed by atoms with van der Waals surface area (Å²) in [7, 11) is -4.35. The number of nitrogens with one attached hydrogen (secondary N) is 1. The van der Waals surface area contributed by atoms with E-state index in [4.69, 9.17) is 4.74 Å². The molecule has 3 atom stereocenters. The Morgan fingerprint density at radius 1 is 0.925 bits per heavy atom. The number of para-hydroxylation sites is 1. The second-order valence-electron chi connectivity index (χ2n) is 8.96. The zero-order valence-electron chi connectivity index (χ0n) is 20.1.